The van der Waals surface area contributed by atoms with Crippen LogP contribution in [-0.2, 0) is 11.2 Å². The molecule has 1 aliphatic heterocycles. The Morgan fingerprint density at radius 3 is 2.56 bits per heavy atom. The van der Waals surface area contributed by atoms with Crippen molar-refractivity contribution < 1.29 is 9.63 Å². The number of carbonyl (C=O) groups excluding carboxylic acids is 1. The van der Waals surface area contributed by atoms with E-state index in [0.717, 1.165) is 38.9 Å². The summed E-state index contributed by atoms with van der Waals surface area (Å²) in [6.45, 7) is 5.03. The van der Waals surface area contributed by atoms with Gasteiger partial charge in [0, 0.05) is 6.54 Å². The van der Waals surface area contributed by atoms with Crippen LogP contribution in [0, 0.1) is 5.92 Å². The Hall–Kier alpha value is -2.33. The molecule has 0 bridgehead atoms. The van der Waals surface area contributed by atoms with Crippen LogP contribution in [0.3, 0.4) is 0 Å². The molecule has 1 amide bonds. The summed E-state index contributed by atoms with van der Waals surface area (Å²) in [7, 11) is 0. The standard InChI is InChI=1S/C21H26N2O2/c1-2-23-14-6-9-19(16-23)21(24)22-25-20-12-10-18(11-13-20)15-17-7-4-3-5-8-17/h3-5,7-8,10-13,19H,2,6,9,14-16H2,1H3,(H,22,24). The van der Waals surface area contributed by atoms with E-state index in [2.05, 4.69) is 29.4 Å². The Balaban J connectivity index is 1.49. The minimum Gasteiger partial charge on any atom is -0.380 e. The lowest BCUT2D eigenvalue weighted by molar-refractivity contribution is -0.133. The number of hydroxylamine groups is 1. The van der Waals surface area contributed by atoms with Gasteiger partial charge in [0.05, 0.1) is 5.92 Å². The van der Waals surface area contributed by atoms with E-state index in [0.29, 0.717) is 5.75 Å². The van der Waals surface area contributed by atoms with Crippen LogP contribution in [0.1, 0.15) is 30.9 Å². The van der Waals surface area contributed by atoms with Gasteiger partial charge in [-0.05, 0) is 55.6 Å². The summed E-state index contributed by atoms with van der Waals surface area (Å²) >= 11 is 0. The van der Waals surface area contributed by atoms with E-state index in [9.17, 15) is 4.79 Å². The summed E-state index contributed by atoms with van der Waals surface area (Å²) in [6, 6.07) is 18.2. The summed E-state index contributed by atoms with van der Waals surface area (Å²) in [6.07, 6.45) is 2.89. The van der Waals surface area contributed by atoms with Crippen molar-refractivity contribution in [2.75, 3.05) is 19.6 Å². The third-order valence-corrected chi connectivity index (χ3v) is 4.77. The fourth-order valence-corrected chi connectivity index (χ4v) is 3.26. The number of nitrogens with zero attached hydrogens (tertiary/aromatic N) is 1. The van der Waals surface area contributed by atoms with Crippen molar-refractivity contribution in [1.29, 1.82) is 0 Å². The van der Waals surface area contributed by atoms with Crippen LogP contribution in [0.15, 0.2) is 54.6 Å². The zero-order chi connectivity index (χ0) is 17.5. The predicted molar refractivity (Wildman–Crippen MR) is 99.3 cm³/mol. The van der Waals surface area contributed by atoms with Crippen LogP contribution in [0.4, 0.5) is 0 Å². The topological polar surface area (TPSA) is 41.6 Å². The van der Waals surface area contributed by atoms with Crippen LogP contribution < -0.4 is 10.3 Å². The Labute approximate surface area is 149 Å². The molecule has 0 radical (unpaired) electrons. The fraction of sp³-hybridized carbons (Fsp3) is 0.381. The van der Waals surface area contributed by atoms with E-state index in [-0.39, 0.29) is 11.8 Å². The van der Waals surface area contributed by atoms with Crippen LogP contribution in [0.25, 0.3) is 0 Å². The minimum absolute atomic E-state index is 0.0195. The van der Waals surface area contributed by atoms with Gasteiger partial charge in [0.2, 0.25) is 0 Å². The molecule has 2 aromatic rings. The molecule has 1 atom stereocenters. The van der Waals surface area contributed by atoms with Gasteiger partial charge in [-0.2, -0.15) is 5.48 Å². The number of hydrogen-bond acceptors (Lipinski definition) is 3. The summed E-state index contributed by atoms with van der Waals surface area (Å²) in [4.78, 5) is 20.1. The Morgan fingerprint density at radius 1 is 1.12 bits per heavy atom. The molecule has 4 heteroatoms. The first-order chi connectivity index (χ1) is 12.2. The van der Waals surface area contributed by atoms with Crippen molar-refractivity contribution in [2.24, 2.45) is 5.92 Å². The second kappa shape index (κ2) is 8.67. The summed E-state index contributed by atoms with van der Waals surface area (Å²) in [5.41, 5.74) is 5.12. The highest BCUT2D eigenvalue weighted by Crippen LogP contribution is 2.18. The quantitative estimate of drug-likeness (QED) is 0.821. The van der Waals surface area contributed by atoms with Crippen molar-refractivity contribution in [3.63, 3.8) is 0 Å². The van der Waals surface area contributed by atoms with E-state index >= 15 is 0 Å². The van der Waals surface area contributed by atoms with Crippen molar-refractivity contribution in [3.8, 4) is 5.75 Å². The zero-order valence-corrected chi connectivity index (χ0v) is 14.8. The van der Waals surface area contributed by atoms with Gasteiger partial charge in [0.15, 0.2) is 5.75 Å². The van der Waals surface area contributed by atoms with Gasteiger partial charge in [-0.15, -0.1) is 0 Å². The maximum Gasteiger partial charge on any atom is 0.256 e. The normalized spacial score (nSPS) is 17.9. The van der Waals surface area contributed by atoms with E-state index in [1.54, 1.807) is 0 Å². The first-order valence-corrected chi connectivity index (χ1v) is 9.06. The molecule has 1 fully saturated rings. The first-order valence-electron chi connectivity index (χ1n) is 9.06. The smallest absolute Gasteiger partial charge is 0.256 e. The number of piperidine rings is 1. The molecule has 25 heavy (non-hydrogen) atoms. The SMILES string of the molecule is CCN1CCCC(C(=O)NOc2ccc(Cc3ccccc3)cc2)C1. The van der Waals surface area contributed by atoms with Crippen LogP contribution >= 0.6 is 0 Å². The maximum atomic E-state index is 12.3. The molecule has 1 aliphatic rings. The number of rotatable bonds is 6. The number of carbonyl (C=O) groups is 1. The van der Waals surface area contributed by atoms with Crippen LogP contribution in [0.2, 0.25) is 0 Å². The third kappa shape index (κ3) is 5.07. The third-order valence-electron chi connectivity index (χ3n) is 4.77. The van der Waals surface area contributed by atoms with E-state index in [4.69, 9.17) is 4.84 Å². The van der Waals surface area contributed by atoms with Crippen LogP contribution in [-0.4, -0.2) is 30.4 Å². The van der Waals surface area contributed by atoms with Gasteiger partial charge in [-0.1, -0.05) is 49.4 Å². The number of nitrogens with one attached hydrogen (secondary N) is 1. The first kappa shape index (κ1) is 17.5. The molecule has 0 aromatic heterocycles. The van der Waals surface area contributed by atoms with Gasteiger partial charge >= 0.3 is 0 Å². The molecular formula is C21H26N2O2. The average Bonchev–Trinajstić information content (AvgIpc) is 2.68. The average molecular weight is 338 g/mol. The highest BCUT2D eigenvalue weighted by atomic mass is 16.7. The lowest BCUT2D eigenvalue weighted by Crippen LogP contribution is -2.43. The van der Waals surface area contributed by atoms with Crippen LogP contribution in [0.5, 0.6) is 5.75 Å². The molecule has 132 valence electrons. The van der Waals surface area contributed by atoms with Gasteiger partial charge in [-0.3, -0.25) is 4.79 Å². The molecule has 0 aliphatic carbocycles. The van der Waals surface area contributed by atoms with Crippen molar-refractivity contribution in [3.05, 3.63) is 65.7 Å². The van der Waals surface area contributed by atoms with Crippen molar-refractivity contribution >= 4 is 5.91 Å². The van der Waals surface area contributed by atoms with Gasteiger partial charge in [-0.25, -0.2) is 0 Å². The predicted octanol–water partition coefficient (Wildman–Crippen LogP) is 3.42. The number of hydrogen-bond donors (Lipinski definition) is 1. The minimum atomic E-state index is -0.0217. The maximum absolute atomic E-state index is 12.3. The second-order valence-electron chi connectivity index (χ2n) is 6.61. The summed E-state index contributed by atoms with van der Waals surface area (Å²) in [5.74, 6) is 0.658. The molecule has 2 aromatic carbocycles. The number of benzene rings is 2. The molecule has 0 spiro atoms. The molecule has 1 heterocycles. The molecule has 1 saturated heterocycles. The van der Waals surface area contributed by atoms with E-state index in [1.807, 2.05) is 42.5 Å². The zero-order valence-electron chi connectivity index (χ0n) is 14.8. The molecule has 0 saturated carbocycles. The lowest BCUT2D eigenvalue weighted by atomic mass is 9.97. The molecule has 1 unspecified atom stereocenters. The monoisotopic (exact) mass is 338 g/mol. The number of likely N-dealkylation sites (tertiary alicyclic amines) is 1. The highest BCUT2D eigenvalue weighted by Gasteiger charge is 2.25. The van der Waals surface area contributed by atoms with Crippen molar-refractivity contribution in [2.45, 2.75) is 26.2 Å². The largest absolute Gasteiger partial charge is 0.380 e. The van der Waals surface area contributed by atoms with Crippen molar-refractivity contribution in [1.82, 2.24) is 10.4 Å². The number of amides is 1. The Morgan fingerprint density at radius 2 is 1.84 bits per heavy atom. The molecule has 1 N–H and O–H groups in total. The lowest BCUT2D eigenvalue weighted by Gasteiger charge is -2.30. The van der Waals surface area contributed by atoms with E-state index < -0.39 is 0 Å². The molecular weight excluding hydrogens is 312 g/mol. The van der Waals surface area contributed by atoms with E-state index in [1.165, 1.54) is 11.1 Å². The van der Waals surface area contributed by atoms with Gasteiger partial charge in [0.25, 0.3) is 5.91 Å². The van der Waals surface area contributed by atoms with Gasteiger partial charge < -0.3 is 9.74 Å². The highest BCUT2D eigenvalue weighted by molar-refractivity contribution is 5.78. The van der Waals surface area contributed by atoms with Gasteiger partial charge in [0.1, 0.15) is 0 Å². The summed E-state index contributed by atoms with van der Waals surface area (Å²) in [5, 5.41) is 0. The summed E-state index contributed by atoms with van der Waals surface area (Å²) < 4.78 is 0. The molecule has 3 rings (SSSR count). The second-order valence-corrected chi connectivity index (χ2v) is 6.61. The Bertz CT molecular complexity index is 670. The Kier molecular flexibility index (Phi) is 6.07. The fourth-order valence-electron chi connectivity index (χ4n) is 3.26. The molecule has 4 nitrogen and oxygen atoms in total.